The second-order valence-corrected chi connectivity index (χ2v) is 7.45. The first-order valence-electron chi connectivity index (χ1n) is 8.73. The zero-order valence-electron chi connectivity index (χ0n) is 15.1. The van der Waals surface area contributed by atoms with Crippen molar-refractivity contribution in [2.75, 3.05) is 13.7 Å². The number of hydrogen-bond donors (Lipinski definition) is 2. The van der Waals surface area contributed by atoms with E-state index >= 15 is 0 Å². The SMILES string of the molecule is CNC1(CCC=O)CCC(COc2ccc(C)c(F)c2)CC1O[SH](=O)=O. The highest BCUT2D eigenvalue weighted by molar-refractivity contribution is 7.67. The maximum atomic E-state index is 13.6. The maximum absolute atomic E-state index is 13.6. The Morgan fingerprint density at radius 3 is 2.81 bits per heavy atom. The molecule has 2 rings (SSSR count). The highest BCUT2D eigenvalue weighted by Crippen LogP contribution is 2.37. The van der Waals surface area contributed by atoms with Crippen LogP contribution >= 0.6 is 0 Å². The molecule has 1 N–H and O–H groups in total. The first kappa shape index (κ1) is 20.8. The minimum absolute atomic E-state index is 0.0806. The number of nitrogens with one attached hydrogen (secondary N) is 1. The van der Waals surface area contributed by atoms with Crippen LogP contribution in [0.5, 0.6) is 5.75 Å². The molecular formula is C18H26FNO5S. The van der Waals surface area contributed by atoms with Crippen LogP contribution in [0.4, 0.5) is 4.39 Å². The summed E-state index contributed by atoms with van der Waals surface area (Å²) in [4.78, 5) is 10.8. The Hall–Kier alpha value is -1.51. The second kappa shape index (κ2) is 9.43. The van der Waals surface area contributed by atoms with Crippen LogP contribution in [0, 0.1) is 18.7 Å². The van der Waals surface area contributed by atoms with Crippen molar-refractivity contribution in [2.24, 2.45) is 5.92 Å². The Balaban J connectivity index is 2.03. The third-order valence-corrected chi connectivity index (χ3v) is 5.64. The average molecular weight is 387 g/mol. The lowest BCUT2D eigenvalue weighted by Crippen LogP contribution is -2.57. The Morgan fingerprint density at radius 1 is 1.42 bits per heavy atom. The van der Waals surface area contributed by atoms with E-state index in [9.17, 15) is 17.6 Å². The number of halogens is 1. The van der Waals surface area contributed by atoms with Crippen LogP contribution < -0.4 is 10.1 Å². The van der Waals surface area contributed by atoms with Gasteiger partial charge in [0.2, 0.25) is 0 Å². The largest absolute Gasteiger partial charge is 0.493 e. The molecule has 146 valence electrons. The Bertz CT molecular complexity index is 688. The number of benzene rings is 1. The number of carbonyl (C=O) groups excluding carboxylic acids is 1. The van der Waals surface area contributed by atoms with Gasteiger partial charge in [0.25, 0.3) is 11.0 Å². The van der Waals surface area contributed by atoms with Gasteiger partial charge in [-0.3, -0.25) is 4.18 Å². The highest BCUT2D eigenvalue weighted by atomic mass is 32.2. The van der Waals surface area contributed by atoms with Crippen LogP contribution in [0.15, 0.2) is 18.2 Å². The van der Waals surface area contributed by atoms with E-state index in [0.29, 0.717) is 43.6 Å². The fraction of sp³-hybridized carbons (Fsp3) is 0.611. The van der Waals surface area contributed by atoms with Gasteiger partial charge in [0.15, 0.2) is 0 Å². The fourth-order valence-corrected chi connectivity index (χ4v) is 4.05. The number of aldehydes is 1. The first-order valence-corrected chi connectivity index (χ1v) is 9.82. The molecule has 1 aromatic carbocycles. The lowest BCUT2D eigenvalue weighted by atomic mass is 9.72. The fourth-order valence-electron chi connectivity index (χ4n) is 3.56. The molecular weight excluding hydrogens is 361 g/mol. The maximum Gasteiger partial charge on any atom is 0.257 e. The van der Waals surface area contributed by atoms with Crippen molar-refractivity contribution in [3.63, 3.8) is 0 Å². The summed E-state index contributed by atoms with van der Waals surface area (Å²) < 4.78 is 46.8. The molecule has 0 amide bonds. The molecule has 0 radical (unpaired) electrons. The summed E-state index contributed by atoms with van der Waals surface area (Å²) in [5, 5.41) is 3.17. The molecule has 8 heteroatoms. The van der Waals surface area contributed by atoms with Crippen molar-refractivity contribution in [3.05, 3.63) is 29.6 Å². The molecule has 1 aliphatic carbocycles. The van der Waals surface area contributed by atoms with Gasteiger partial charge in [-0.2, -0.15) is 0 Å². The average Bonchev–Trinajstić information content (AvgIpc) is 2.62. The van der Waals surface area contributed by atoms with Crippen LogP contribution in [-0.4, -0.2) is 40.0 Å². The summed E-state index contributed by atoms with van der Waals surface area (Å²) >= 11 is 0. The zero-order valence-corrected chi connectivity index (χ0v) is 16.0. The van der Waals surface area contributed by atoms with Crippen molar-refractivity contribution in [1.82, 2.24) is 5.32 Å². The lowest BCUT2D eigenvalue weighted by molar-refractivity contribution is -0.108. The number of carbonyl (C=O) groups is 1. The van der Waals surface area contributed by atoms with E-state index in [-0.39, 0.29) is 11.7 Å². The van der Waals surface area contributed by atoms with Crippen LogP contribution in [0.25, 0.3) is 0 Å². The quantitative estimate of drug-likeness (QED) is 0.499. The van der Waals surface area contributed by atoms with Gasteiger partial charge >= 0.3 is 0 Å². The molecule has 0 bridgehead atoms. The molecule has 26 heavy (non-hydrogen) atoms. The topological polar surface area (TPSA) is 81.7 Å². The standard InChI is InChI=1S/C18H26FNO5S/c1-13-4-5-15(11-16(13)19)24-12-14-6-8-18(20-2,7-3-9-21)17(10-14)25-26(22)23/h4-5,9,11,14,17,20,26H,3,6-8,10,12H2,1-2H3. The summed E-state index contributed by atoms with van der Waals surface area (Å²) in [5.74, 6) is 0.211. The molecule has 0 saturated heterocycles. The monoisotopic (exact) mass is 387 g/mol. The van der Waals surface area contributed by atoms with E-state index in [2.05, 4.69) is 5.32 Å². The summed E-state index contributed by atoms with van der Waals surface area (Å²) in [6.45, 7) is 2.04. The molecule has 1 aromatic rings. The summed E-state index contributed by atoms with van der Waals surface area (Å²) in [6.07, 6.45) is 3.06. The minimum Gasteiger partial charge on any atom is -0.493 e. The van der Waals surface area contributed by atoms with E-state index in [1.165, 1.54) is 6.07 Å². The van der Waals surface area contributed by atoms with Crippen LogP contribution in [0.1, 0.15) is 37.7 Å². The molecule has 1 fully saturated rings. The summed E-state index contributed by atoms with van der Waals surface area (Å²) in [6, 6.07) is 4.72. The van der Waals surface area contributed by atoms with Gasteiger partial charge in [-0.05, 0) is 57.2 Å². The second-order valence-electron chi connectivity index (χ2n) is 6.79. The van der Waals surface area contributed by atoms with Crippen molar-refractivity contribution in [3.8, 4) is 5.75 Å². The predicted octanol–water partition coefficient (Wildman–Crippen LogP) is 2.16. The van der Waals surface area contributed by atoms with Gasteiger partial charge in [-0.1, -0.05) is 6.07 Å². The molecule has 1 aliphatic rings. The molecule has 0 spiro atoms. The highest BCUT2D eigenvalue weighted by Gasteiger charge is 2.43. The van der Waals surface area contributed by atoms with Gasteiger partial charge in [-0.15, -0.1) is 0 Å². The summed E-state index contributed by atoms with van der Waals surface area (Å²) in [7, 11) is -1.25. The van der Waals surface area contributed by atoms with E-state index in [4.69, 9.17) is 8.92 Å². The van der Waals surface area contributed by atoms with Crippen LogP contribution in [0.3, 0.4) is 0 Å². The van der Waals surface area contributed by atoms with E-state index in [1.54, 1.807) is 26.1 Å². The van der Waals surface area contributed by atoms with Gasteiger partial charge < -0.3 is 14.8 Å². The van der Waals surface area contributed by atoms with Gasteiger partial charge in [0.1, 0.15) is 17.9 Å². The van der Waals surface area contributed by atoms with Crippen molar-refractivity contribution < 1.29 is 26.5 Å². The number of aryl methyl sites for hydroxylation is 1. The van der Waals surface area contributed by atoms with Gasteiger partial charge in [-0.25, -0.2) is 12.8 Å². The molecule has 0 aliphatic heterocycles. The zero-order chi connectivity index (χ0) is 19.2. The third-order valence-electron chi connectivity index (χ3n) is 5.21. The Kier molecular flexibility index (Phi) is 7.55. The number of thiol groups is 1. The Labute approximate surface area is 155 Å². The molecule has 0 heterocycles. The lowest BCUT2D eigenvalue weighted by Gasteiger charge is -2.45. The van der Waals surface area contributed by atoms with E-state index < -0.39 is 22.6 Å². The number of rotatable bonds is 9. The Morgan fingerprint density at radius 2 is 2.19 bits per heavy atom. The van der Waals surface area contributed by atoms with Crippen LogP contribution in [0.2, 0.25) is 0 Å². The number of likely N-dealkylation sites (N-methyl/N-ethyl adjacent to an activating group) is 1. The molecule has 3 unspecified atom stereocenters. The van der Waals surface area contributed by atoms with E-state index in [1.807, 2.05) is 0 Å². The van der Waals surface area contributed by atoms with Crippen LogP contribution in [-0.2, 0) is 20.0 Å². The van der Waals surface area contributed by atoms with Crippen molar-refractivity contribution >= 4 is 17.3 Å². The van der Waals surface area contributed by atoms with Crippen molar-refractivity contribution in [1.29, 1.82) is 0 Å². The van der Waals surface area contributed by atoms with E-state index in [0.717, 1.165) is 12.7 Å². The van der Waals surface area contributed by atoms with Crippen molar-refractivity contribution in [2.45, 2.75) is 50.7 Å². The normalized spacial score (nSPS) is 26.0. The van der Waals surface area contributed by atoms with Gasteiger partial charge in [0, 0.05) is 18.0 Å². The predicted molar refractivity (Wildman–Crippen MR) is 96.2 cm³/mol. The molecule has 0 aromatic heterocycles. The number of hydrogen-bond acceptors (Lipinski definition) is 6. The minimum atomic E-state index is -3.00. The molecule has 3 atom stereocenters. The third kappa shape index (κ3) is 5.25. The molecule has 6 nitrogen and oxygen atoms in total. The summed E-state index contributed by atoms with van der Waals surface area (Å²) in [5.41, 5.74) is -0.000288. The smallest absolute Gasteiger partial charge is 0.257 e. The first-order chi connectivity index (χ1) is 12.4. The molecule has 1 saturated carbocycles. The number of ether oxygens (including phenoxy) is 1. The van der Waals surface area contributed by atoms with Gasteiger partial charge in [0.05, 0.1) is 12.7 Å².